The molecule has 2 amide bonds. The van der Waals surface area contributed by atoms with Gasteiger partial charge in [-0.1, -0.05) is 61.7 Å². The first-order valence-corrected chi connectivity index (χ1v) is 11.9. The van der Waals surface area contributed by atoms with E-state index in [1.807, 2.05) is 41.3 Å². The van der Waals surface area contributed by atoms with Gasteiger partial charge in [-0.2, -0.15) is 0 Å². The molecule has 2 aromatic rings. The Hall–Kier alpha value is -2.82. The molecule has 32 heavy (non-hydrogen) atoms. The first-order chi connectivity index (χ1) is 15.7. The second kappa shape index (κ2) is 10.7. The maximum atomic E-state index is 13.1. The minimum atomic E-state index is -0.260. The molecule has 170 valence electrons. The molecular formula is C27H34N2O3. The van der Waals surface area contributed by atoms with Gasteiger partial charge < -0.3 is 15.0 Å². The van der Waals surface area contributed by atoms with E-state index in [2.05, 4.69) is 17.4 Å². The molecule has 1 N–H and O–H groups in total. The first-order valence-electron chi connectivity index (χ1n) is 11.9. The van der Waals surface area contributed by atoms with Gasteiger partial charge in [-0.05, 0) is 42.4 Å². The highest BCUT2D eigenvalue weighted by Gasteiger charge is 2.29. The van der Waals surface area contributed by atoms with E-state index in [4.69, 9.17) is 4.74 Å². The summed E-state index contributed by atoms with van der Waals surface area (Å²) in [6.07, 6.45) is 7.30. The molecule has 0 spiro atoms. The lowest BCUT2D eigenvalue weighted by molar-refractivity contribution is -0.133. The summed E-state index contributed by atoms with van der Waals surface area (Å²) < 4.78 is 5.57. The number of carbonyl (C=O) groups excluding carboxylic acids is 2. The predicted octanol–water partition coefficient (Wildman–Crippen LogP) is 4.45. The average molecular weight is 435 g/mol. The van der Waals surface area contributed by atoms with Crippen molar-refractivity contribution in [3.8, 4) is 16.9 Å². The normalized spacial score (nSPS) is 19.8. The van der Waals surface area contributed by atoms with Crippen molar-refractivity contribution >= 4 is 11.8 Å². The smallest absolute Gasteiger partial charge is 0.225 e. The summed E-state index contributed by atoms with van der Waals surface area (Å²) in [6, 6.07) is 16.1. The SMILES string of the molecule is COc1ccccc1-c1ccccc1C[C@@H]1CN(C(=O)CC2CCCCC2)CCNC1=O. The minimum Gasteiger partial charge on any atom is -0.496 e. The summed E-state index contributed by atoms with van der Waals surface area (Å²) in [5.41, 5.74) is 3.19. The molecule has 0 unspecified atom stereocenters. The van der Waals surface area contributed by atoms with Gasteiger partial charge in [0.1, 0.15) is 5.75 Å². The monoisotopic (exact) mass is 434 g/mol. The van der Waals surface area contributed by atoms with Gasteiger partial charge in [0.2, 0.25) is 11.8 Å². The molecule has 0 radical (unpaired) electrons. The molecule has 5 heteroatoms. The third-order valence-electron chi connectivity index (χ3n) is 6.91. The number of benzene rings is 2. The Morgan fingerprint density at radius 1 is 1.03 bits per heavy atom. The van der Waals surface area contributed by atoms with Crippen molar-refractivity contribution < 1.29 is 14.3 Å². The Bertz CT molecular complexity index is 936. The van der Waals surface area contributed by atoms with E-state index in [9.17, 15) is 9.59 Å². The van der Waals surface area contributed by atoms with Gasteiger partial charge in [0, 0.05) is 31.6 Å². The lowest BCUT2D eigenvalue weighted by atomic mass is 9.86. The van der Waals surface area contributed by atoms with Crippen LogP contribution < -0.4 is 10.1 Å². The summed E-state index contributed by atoms with van der Waals surface area (Å²) in [6.45, 7) is 1.61. The van der Waals surface area contributed by atoms with Crippen LogP contribution in [0.1, 0.15) is 44.1 Å². The zero-order valence-corrected chi connectivity index (χ0v) is 19.0. The van der Waals surface area contributed by atoms with E-state index < -0.39 is 0 Å². The summed E-state index contributed by atoms with van der Waals surface area (Å²) in [5.74, 6) is 1.30. The summed E-state index contributed by atoms with van der Waals surface area (Å²) in [7, 11) is 1.68. The van der Waals surface area contributed by atoms with Crippen LogP contribution >= 0.6 is 0 Å². The fourth-order valence-corrected chi connectivity index (χ4v) is 5.14. The van der Waals surface area contributed by atoms with Crippen LogP contribution in [0.3, 0.4) is 0 Å². The zero-order chi connectivity index (χ0) is 22.3. The van der Waals surface area contributed by atoms with Crippen LogP contribution in [-0.4, -0.2) is 43.5 Å². The highest BCUT2D eigenvalue weighted by Crippen LogP contribution is 2.33. The van der Waals surface area contributed by atoms with E-state index in [0.29, 0.717) is 38.4 Å². The molecule has 1 saturated heterocycles. The molecule has 1 atom stereocenters. The number of hydrogen-bond donors (Lipinski definition) is 1. The molecule has 1 heterocycles. The largest absolute Gasteiger partial charge is 0.496 e. The quantitative estimate of drug-likeness (QED) is 0.731. The Kier molecular flexibility index (Phi) is 7.46. The molecule has 2 aromatic carbocycles. The van der Waals surface area contributed by atoms with Crippen molar-refractivity contribution in [3.05, 3.63) is 54.1 Å². The number of rotatable bonds is 6. The second-order valence-electron chi connectivity index (χ2n) is 9.10. The van der Waals surface area contributed by atoms with E-state index in [1.54, 1.807) is 7.11 Å². The molecule has 0 bridgehead atoms. The highest BCUT2D eigenvalue weighted by molar-refractivity contribution is 5.83. The third kappa shape index (κ3) is 5.32. The fourth-order valence-electron chi connectivity index (χ4n) is 5.14. The Balaban J connectivity index is 1.51. The number of methoxy groups -OCH3 is 1. The molecule has 1 aliphatic heterocycles. The first kappa shape index (κ1) is 22.4. The summed E-state index contributed by atoms with van der Waals surface area (Å²) in [5, 5.41) is 3.03. The molecule has 4 rings (SSSR count). The molecule has 0 aromatic heterocycles. The van der Waals surface area contributed by atoms with E-state index in [1.165, 1.54) is 19.3 Å². The number of amides is 2. The van der Waals surface area contributed by atoms with Crippen LogP contribution in [0.4, 0.5) is 0 Å². The van der Waals surface area contributed by atoms with Gasteiger partial charge in [-0.3, -0.25) is 9.59 Å². The van der Waals surface area contributed by atoms with E-state index >= 15 is 0 Å². The molecule has 5 nitrogen and oxygen atoms in total. The standard InChI is InChI=1S/C27H34N2O3/c1-32-25-14-8-7-13-24(25)23-12-6-5-11-21(23)18-22-19-29(16-15-28-27(22)31)26(30)17-20-9-3-2-4-10-20/h5-8,11-14,20,22H,2-4,9-10,15-19H2,1H3,(H,28,31)/t22-/m1/s1. The molecule has 2 fully saturated rings. The maximum Gasteiger partial charge on any atom is 0.225 e. The fraction of sp³-hybridized carbons (Fsp3) is 0.481. The van der Waals surface area contributed by atoms with Crippen LogP contribution in [-0.2, 0) is 16.0 Å². The average Bonchev–Trinajstić information content (AvgIpc) is 3.01. The van der Waals surface area contributed by atoms with Gasteiger partial charge in [0.25, 0.3) is 0 Å². The maximum absolute atomic E-state index is 13.1. The minimum absolute atomic E-state index is 0.0350. The van der Waals surface area contributed by atoms with Gasteiger partial charge in [-0.25, -0.2) is 0 Å². The van der Waals surface area contributed by atoms with Crippen LogP contribution in [0.2, 0.25) is 0 Å². The van der Waals surface area contributed by atoms with Gasteiger partial charge in [0.15, 0.2) is 0 Å². The van der Waals surface area contributed by atoms with Gasteiger partial charge >= 0.3 is 0 Å². The molecule has 1 aliphatic carbocycles. The van der Waals surface area contributed by atoms with Crippen molar-refractivity contribution in [1.29, 1.82) is 0 Å². The van der Waals surface area contributed by atoms with Crippen molar-refractivity contribution in [2.75, 3.05) is 26.7 Å². The van der Waals surface area contributed by atoms with Crippen LogP contribution in [0.5, 0.6) is 5.75 Å². The number of ether oxygens (including phenoxy) is 1. The van der Waals surface area contributed by atoms with Gasteiger partial charge in [0.05, 0.1) is 13.0 Å². The van der Waals surface area contributed by atoms with Gasteiger partial charge in [-0.15, -0.1) is 0 Å². The number of hydrogen-bond acceptors (Lipinski definition) is 3. The van der Waals surface area contributed by atoms with Crippen LogP contribution in [0.15, 0.2) is 48.5 Å². The molecule has 1 saturated carbocycles. The second-order valence-corrected chi connectivity index (χ2v) is 9.10. The van der Waals surface area contributed by atoms with Crippen LogP contribution in [0.25, 0.3) is 11.1 Å². The Morgan fingerprint density at radius 3 is 2.53 bits per heavy atom. The zero-order valence-electron chi connectivity index (χ0n) is 19.0. The lowest BCUT2D eigenvalue weighted by Crippen LogP contribution is -2.38. The number of nitrogens with zero attached hydrogens (tertiary/aromatic N) is 1. The third-order valence-corrected chi connectivity index (χ3v) is 6.91. The van der Waals surface area contributed by atoms with Crippen molar-refractivity contribution in [1.82, 2.24) is 10.2 Å². The number of carbonyl (C=O) groups is 2. The Morgan fingerprint density at radius 2 is 1.75 bits per heavy atom. The highest BCUT2D eigenvalue weighted by atomic mass is 16.5. The van der Waals surface area contributed by atoms with Crippen LogP contribution in [0, 0.1) is 11.8 Å². The number of para-hydroxylation sites is 1. The topological polar surface area (TPSA) is 58.6 Å². The van der Waals surface area contributed by atoms with Crippen molar-refractivity contribution in [2.24, 2.45) is 11.8 Å². The predicted molar refractivity (Wildman–Crippen MR) is 126 cm³/mol. The molecular weight excluding hydrogens is 400 g/mol. The van der Waals surface area contributed by atoms with Crippen molar-refractivity contribution in [3.63, 3.8) is 0 Å². The van der Waals surface area contributed by atoms with Crippen molar-refractivity contribution in [2.45, 2.75) is 44.9 Å². The number of nitrogens with one attached hydrogen (secondary N) is 1. The lowest BCUT2D eigenvalue weighted by Gasteiger charge is -2.27. The molecule has 2 aliphatic rings. The van der Waals surface area contributed by atoms with E-state index in [-0.39, 0.29) is 17.7 Å². The summed E-state index contributed by atoms with van der Waals surface area (Å²) in [4.78, 5) is 27.9. The van der Waals surface area contributed by atoms with E-state index in [0.717, 1.165) is 35.3 Å². The summed E-state index contributed by atoms with van der Waals surface area (Å²) >= 11 is 0. The Labute approximate surface area is 191 Å².